The molecule has 9 nitrogen and oxygen atoms in total. The Labute approximate surface area is 166 Å². The lowest BCUT2D eigenvalue weighted by Gasteiger charge is -2.17. The van der Waals surface area contributed by atoms with Crippen molar-refractivity contribution in [3.63, 3.8) is 0 Å². The first-order valence-corrected chi connectivity index (χ1v) is 10.4. The van der Waals surface area contributed by atoms with Crippen LogP contribution in [0.4, 0.5) is 0 Å². The summed E-state index contributed by atoms with van der Waals surface area (Å²) < 4.78 is 1.30. The summed E-state index contributed by atoms with van der Waals surface area (Å²) in [6.07, 6.45) is 1.68. The summed E-state index contributed by atoms with van der Waals surface area (Å²) in [4.78, 5) is 29.9. The highest BCUT2D eigenvalue weighted by Crippen LogP contribution is 2.20. The van der Waals surface area contributed by atoms with Crippen LogP contribution in [0.5, 0.6) is 0 Å². The van der Waals surface area contributed by atoms with Gasteiger partial charge in [0.1, 0.15) is 0 Å². The predicted molar refractivity (Wildman–Crippen MR) is 106 cm³/mol. The minimum atomic E-state index is -0.153. The molecule has 146 valence electrons. The van der Waals surface area contributed by atoms with E-state index in [9.17, 15) is 9.59 Å². The topological polar surface area (TPSA) is 119 Å². The zero-order valence-corrected chi connectivity index (χ0v) is 16.9. The van der Waals surface area contributed by atoms with Crippen molar-refractivity contribution in [2.45, 2.75) is 30.7 Å². The Morgan fingerprint density at radius 1 is 1.15 bits per heavy atom. The predicted octanol–water partition coefficient (Wildman–Crippen LogP) is 0.756. The number of carbonyl (C=O) groups excluding carboxylic acids is 2. The molecule has 0 fully saturated rings. The monoisotopic (exact) mass is 409 g/mol. The van der Waals surface area contributed by atoms with Gasteiger partial charge in [-0.25, -0.2) is 4.68 Å². The zero-order chi connectivity index (χ0) is 19.6. The van der Waals surface area contributed by atoms with E-state index in [0.29, 0.717) is 29.9 Å². The number of nitrogen functional groups attached to an aromatic ring is 1. The van der Waals surface area contributed by atoms with Crippen LogP contribution in [-0.2, 0) is 16.1 Å². The zero-order valence-electron chi connectivity index (χ0n) is 15.3. The smallest absolute Gasteiger partial charge is 0.233 e. The third-order valence-electron chi connectivity index (χ3n) is 3.60. The van der Waals surface area contributed by atoms with E-state index in [1.54, 1.807) is 11.1 Å². The highest BCUT2D eigenvalue weighted by Gasteiger charge is 2.16. The van der Waals surface area contributed by atoms with Gasteiger partial charge in [0.15, 0.2) is 0 Å². The Kier molecular flexibility index (Phi) is 8.40. The normalized spacial score (nSPS) is 10.6. The SMILES string of the molecule is CCN(CC)C(=O)CSc1nnc(SCC(=O)NCc2ccccn2)n1N. The Morgan fingerprint density at radius 3 is 2.41 bits per heavy atom. The summed E-state index contributed by atoms with van der Waals surface area (Å²) in [5.74, 6) is 6.24. The van der Waals surface area contributed by atoms with E-state index in [0.717, 1.165) is 5.69 Å². The molecule has 2 rings (SSSR count). The first-order valence-electron chi connectivity index (χ1n) is 8.45. The van der Waals surface area contributed by atoms with Gasteiger partial charge in [0.25, 0.3) is 0 Å². The fraction of sp³-hybridized carbons (Fsp3) is 0.438. The summed E-state index contributed by atoms with van der Waals surface area (Å²) in [5.41, 5.74) is 0.786. The quantitative estimate of drug-likeness (QED) is 0.436. The lowest BCUT2D eigenvalue weighted by molar-refractivity contribution is -0.128. The molecule has 2 amide bonds. The number of thioether (sulfide) groups is 2. The van der Waals surface area contributed by atoms with Crippen LogP contribution in [0.15, 0.2) is 34.7 Å². The van der Waals surface area contributed by atoms with Crippen LogP contribution >= 0.6 is 23.5 Å². The minimum Gasteiger partial charge on any atom is -0.350 e. The Balaban J connectivity index is 1.79. The van der Waals surface area contributed by atoms with Crippen molar-refractivity contribution in [3.8, 4) is 0 Å². The van der Waals surface area contributed by atoms with Gasteiger partial charge in [0, 0.05) is 19.3 Å². The second-order valence-corrected chi connectivity index (χ2v) is 7.26. The summed E-state index contributed by atoms with van der Waals surface area (Å²) in [6, 6.07) is 5.53. The van der Waals surface area contributed by atoms with Gasteiger partial charge in [-0.2, -0.15) is 0 Å². The molecule has 0 aliphatic rings. The third-order valence-corrected chi connectivity index (χ3v) is 5.47. The van der Waals surface area contributed by atoms with Crippen LogP contribution in [0.1, 0.15) is 19.5 Å². The molecular formula is C16H23N7O2S2. The van der Waals surface area contributed by atoms with E-state index in [1.807, 2.05) is 32.0 Å². The Hall–Kier alpha value is -2.27. The maximum Gasteiger partial charge on any atom is 0.233 e. The van der Waals surface area contributed by atoms with Crippen LogP contribution in [0.25, 0.3) is 0 Å². The molecule has 0 aromatic carbocycles. The van der Waals surface area contributed by atoms with Crippen molar-refractivity contribution in [1.82, 2.24) is 30.1 Å². The molecule has 3 N–H and O–H groups in total. The van der Waals surface area contributed by atoms with Crippen LogP contribution < -0.4 is 11.2 Å². The summed E-state index contributed by atoms with van der Waals surface area (Å²) in [5, 5.41) is 11.6. The molecule has 27 heavy (non-hydrogen) atoms. The molecule has 0 spiro atoms. The highest BCUT2D eigenvalue weighted by atomic mass is 32.2. The van der Waals surface area contributed by atoms with Gasteiger partial charge < -0.3 is 16.1 Å². The van der Waals surface area contributed by atoms with Crippen molar-refractivity contribution in [2.24, 2.45) is 0 Å². The van der Waals surface area contributed by atoms with Crippen molar-refractivity contribution in [1.29, 1.82) is 0 Å². The molecule has 0 aliphatic heterocycles. The lowest BCUT2D eigenvalue weighted by Crippen LogP contribution is -2.32. The Morgan fingerprint density at radius 2 is 1.81 bits per heavy atom. The number of nitrogens with one attached hydrogen (secondary N) is 1. The Bertz CT molecular complexity index is 750. The fourth-order valence-electron chi connectivity index (χ4n) is 2.13. The second-order valence-electron chi connectivity index (χ2n) is 5.38. The number of aromatic nitrogens is 4. The molecule has 2 aromatic heterocycles. The van der Waals surface area contributed by atoms with Gasteiger partial charge in [0.2, 0.25) is 22.1 Å². The molecule has 0 saturated heterocycles. The van der Waals surface area contributed by atoms with Gasteiger partial charge in [-0.3, -0.25) is 14.6 Å². The average molecular weight is 410 g/mol. The molecule has 0 radical (unpaired) electrons. The van der Waals surface area contributed by atoms with Crippen molar-refractivity contribution < 1.29 is 9.59 Å². The first-order chi connectivity index (χ1) is 13.0. The number of rotatable bonds is 10. The van der Waals surface area contributed by atoms with E-state index in [2.05, 4.69) is 20.5 Å². The molecule has 2 heterocycles. The standard InChI is InChI=1S/C16H23N7O2S2/c1-3-22(4-2)14(25)11-27-16-21-20-15(23(16)17)26-10-13(24)19-9-12-7-5-6-8-18-12/h5-8H,3-4,9-11,17H2,1-2H3,(H,19,24). The van der Waals surface area contributed by atoms with E-state index in [1.165, 1.54) is 28.2 Å². The summed E-state index contributed by atoms with van der Waals surface area (Å²) >= 11 is 2.41. The van der Waals surface area contributed by atoms with Crippen LogP contribution in [0.2, 0.25) is 0 Å². The molecule has 0 saturated carbocycles. The molecule has 2 aromatic rings. The average Bonchev–Trinajstić information content (AvgIpc) is 3.04. The van der Waals surface area contributed by atoms with Crippen molar-refractivity contribution in [3.05, 3.63) is 30.1 Å². The van der Waals surface area contributed by atoms with Crippen molar-refractivity contribution in [2.75, 3.05) is 30.4 Å². The van der Waals surface area contributed by atoms with Gasteiger partial charge in [0.05, 0.1) is 23.7 Å². The lowest BCUT2D eigenvalue weighted by atomic mass is 10.3. The number of hydrogen-bond acceptors (Lipinski definition) is 8. The van der Waals surface area contributed by atoms with E-state index >= 15 is 0 Å². The maximum atomic E-state index is 12.0. The highest BCUT2D eigenvalue weighted by molar-refractivity contribution is 8.00. The number of hydrogen-bond donors (Lipinski definition) is 2. The first kappa shape index (κ1) is 21.0. The van der Waals surface area contributed by atoms with Crippen LogP contribution in [0, 0.1) is 0 Å². The molecular weight excluding hydrogens is 386 g/mol. The molecule has 0 bridgehead atoms. The maximum absolute atomic E-state index is 12.0. The molecule has 11 heteroatoms. The number of nitrogens with two attached hydrogens (primary N) is 1. The van der Waals surface area contributed by atoms with Gasteiger partial charge in [-0.15, -0.1) is 10.2 Å². The van der Waals surface area contributed by atoms with Crippen LogP contribution in [-0.4, -0.2) is 61.2 Å². The van der Waals surface area contributed by atoms with E-state index < -0.39 is 0 Å². The van der Waals surface area contributed by atoms with E-state index in [4.69, 9.17) is 5.84 Å². The minimum absolute atomic E-state index is 0.0242. The largest absolute Gasteiger partial charge is 0.350 e. The van der Waals surface area contributed by atoms with Gasteiger partial charge in [-0.05, 0) is 26.0 Å². The molecule has 0 atom stereocenters. The van der Waals surface area contributed by atoms with Gasteiger partial charge >= 0.3 is 0 Å². The number of carbonyl (C=O) groups is 2. The van der Waals surface area contributed by atoms with Gasteiger partial charge in [-0.1, -0.05) is 29.6 Å². The summed E-state index contributed by atoms with van der Waals surface area (Å²) in [7, 11) is 0. The number of pyridine rings is 1. The third kappa shape index (κ3) is 6.43. The van der Waals surface area contributed by atoms with Crippen molar-refractivity contribution >= 4 is 35.3 Å². The number of nitrogens with zero attached hydrogens (tertiary/aromatic N) is 5. The number of amides is 2. The molecule has 0 aliphatic carbocycles. The molecule has 0 unspecified atom stereocenters. The second kappa shape index (κ2) is 10.8. The van der Waals surface area contributed by atoms with E-state index in [-0.39, 0.29) is 23.3 Å². The fourth-order valence-corrected chi connectivity index (χ4v) is 3.63. The summed E-state index contributed by atoms with van der Waals surface area (Å²) in [6.45, 7) is 5.57. The van der Waals surface area contributed by atoms with Crippen LogP contribution in [0.3, 0.4) is 0 Å².